The zero-order valence-corrected chi connectivity index (χ0v) is 13.8. The van der Waals surface area contributed by atoms with Gasteiger partial charge in [-0.15, -0.1) is 0 Å². The third-order valence-corrected chi connectivity index (χ3v) is 4.28. The maximum absolute atomic E-state index is 12.3. The molecule has 22 heavy (non-hydrogen) atoms. The van der Waals surface area contributed by atoms with Crippen LogP contribution in [0.3, 0.4) is 0 Å². The van der Waals surface area contributed by atoms with E-state index < -0.39 is 15.9 Å². The van der Waals surface area contributed by atoms with Crippen LogP contribution in [-0.4, -0.2) is 14.3 Å². The molecule has 0 saturated carbocycles. The van der Waals surface area contributed by atoms with Crippen LogP contribution in [0.25, 0.3) is 0 Å². The summed E-state index contributed by atoms with van der Waals surface area (Å²) >= 11 is 11.8. The summed E-state index contributed by atoms with van der Waals surface area (Å²) in [6.45, 7) is 1.66. The van der Waals surface area contributed by atoms with Crippen molar-refractivity contribution in [3.05, 3.63) is 57.6 Å². The number of rotatable bonds is 3. The molecule has 0 aliphatic carbocycles. The number of anilines is 1. The highest BCUT2D eigenvalue weighted by atomic mass is 35.5. The minimum atomic E-state index is -3.90. The minimum absolute atomic E-state index is 0.130. The van der Waals surface area contributed by atoms with Crippen LogP contribution < -0.4 is 10.5 Å². The van der Waals surface area contributed by atoms with Crippen LogP contribution in [0.2, 0.25) is 10.0 Å². The largest absolute Gasteiger partial charge is 0.321 e. The van der Waals surface area contributed by atoms with Gasteiger partial charge >= 0.3 is 0 Å². The smallest absolute Gasteiger partial charge is 0.255 e. The molecule has 0 bridgehead atoms. The lowest BCUT2D eigenvalue weighted by molar-refractivity contribution is 0.102. The van der Waals surface area contributed by atoms with Gasteiger partial charge in [0.25, 0.3) is 5.91 Å². The molecule has 5 nitrogen and oxygen atoms in total. The lowest BCUT2D eigenvalue weighted by Gasteiger charge is -2.09. The van der Waals surface area contributed by atoms with Crippen molar-refractivity contribution in [3.8, 4) is 0 Å². The van der Waals surface area contributed by atoms with Crippen molar-refractivity contribution in [1.82, 2.24) is 0 Å². The van der Waals surface area contributed by atoms with Gasteiger partial charge in [-0.05, 0) is 48.9 Å². The quantitative estimate of drug-likeness (QED) is 0.882. The summed E-state index contributed by atoms with van der Waals surface area (Å²) in [4.78, 5) is 12.1. The molecule has 0 radical (unpaired) electrons. The van der Waals surface area contributed by atoms with Gasteiger partial charge in [-0.2, -0.15) is 0 Å². The fourth-order valence-corrected chi connectivity index (χ4v) is 2.81. The Morgan fingerprint density at radius 1 is 1.14 bits per heavy atom. The summed E-state index contributed by atoms with van der Waals surface area (Å²) in [7, 11) is -3.90. The highest BCUT2D eigenvalue weighted by Crippen LogP contribution is 2.26. The van der Waals surface area contributed by atoms with E-state index in [0.29, 0.717) is 21.3 Å². The second-order valence-electron chi connectivity index (χ2n) is 4.66. The van der Waals surface area contributed by atoms with Gasteiger partial charge in [-0.3, -0.25) is 4.79 Å². The highest BCUT2D eigenvalue weighted by molar-refractivity contribution is 7.89. The standard InChI is InChI=1S/C14H12Cl2N2O3S/c1-8-4-9(6-11(5-8)22(17,20)21)14(19)18-13-7-10(15)2-3-12(13)16/h2-7H,1H3,(H,18,19)(H2,17,20,21). The molecular weight excluding hydrogens is 347 g/mol. The molecule has 0 aliphatic rings. The Labute approximate surface area is 138 Å². The van der Waals surface area contributed by atoms with Crippen molar-refractivity contribution in [2.45, 2.75) is 11.8 Å². The van der Waals surface area contributed by atoms with Crippen molar-refractivity contribution < 1.29 is 13.2 Å². The number of hydrogen-bond donors (Lipinski definition) is 2. The third kappa shape index (κ3) is 3.98. The first kappa shape index (κ1) is 16.8. The van der Waals surface area contributed by atoms with E-state index in [1.165, 1.54) is 18.2 Å². The van der Waals surface area contributed by atoms with Crippen molar-refractivity contribution in [3.63, 3.8) is 0 Å². The minimum Gasteiger partial charge on any atom is -0.321 e. The average molecular weight is 359 g/mol. The number of primary sulfonamides is 1. The van der Waals surface area contributed by atoms with E-state index in [1.807, 2.05) is 0 Å². The van der Waals surface area contributed by atoms with Crippen LogP contribution in [0.5, 0.6) is 0 Å². The van der Waals surface area contributed by atoms with Gasteiger partial charge in [0.05, 0.1) is 15.6 Å². The number of benzene rings is 2. The number of carbonyl (C=O) groups is 1. The molecule has 0 saturated heterocycles. The van der Waals surface area contributed by atoms with Gasteiger partial charge in [0.2, 0.25) is 10.0 Å². The zero-order chi connectivity index (χ0) is 16.5. The van der Waals surface area contributed by atoms with E-state index >= 15 is 0 Å². The molecule has 116 valence electrons. The Hall–Kier alpha value is -1.60. The topological polar surface area (TPSA) is 89.3 Å². The molecule has 1 amide bonds. The average Bonchev–Trinajstić information content (AvgIpc) is 2.41. The molecule has 8 heteroatoms. The van der Waals surface area contributed by atoms with E-state index in [9.17, 15) is 13.2 Å². The van der Waals surface area contributed by atoms with Crippen LogP contribution >= 0.6 is 23.2 Å². The first-order chi connectivity index (χ1) is 10.2. The summed E-state index contributed by atoms with van der Waals surface area (Å²) in [5.74, 6) is -0.516. The molecule has 0 atom stereocenters. The van der Waals surface area contributed by atoms with Crippen molar-refractivity contribution in [2.75, 3.05) is 5.32 Å². The van der Waals surface area contributed by atoms with Crippen LogP contribution in [0.1, 0.15) is 15.9 Å². The maximum atomic E-state index is 12.3. The van der Waals surface area contributed by atoms with Gasteiger partial charge in [0.1, 0.15) is 0 Å². The normalized spacial score (nSPS) is 11.3. The number of amides is 1. The molecule has 2 rings (SSSR count). The molecule has 2 aromatic carbocycles. The third-order valence-electron chi connectivity index (χ3n) is 2.82. The Kier molecular flexibility index (Phi) is 4.77. The number of halogens is 2. The van der Waals surface area contributed by atoms with Crippen LogP contribution in [0.15, 0.2) is 41.3 Å². The van der Waals surface area contributed by atoms with Crippen molar-refractivity contribution in [1.29, 1.82) is 0 Å². The molecule has 0 fully saturated rings. The van der Waals surface area contributed by atoms with Crippen LogP contribution in [-0.2, 0) is 10.0 Å². The van der Waals surface area contributed by atoms with Gasteiger partial charge in [-0.25, -0.2) is 13.6 Å². The Bertz CT molecular complexity index is 851. The van der Waals surface area contributed by atoms with Gasteiger partial charge in [-0.1, -0.05) is 23.2 Å². The lowest BCUT2D eigenvalue weighted by atomic mass is 10.1. The summed E-state index contributed by atoms with van der Waals surface area (Å²) in [6, 6.07) is 8.77. The fourth-order valence-electron chi connectivity index (χ4n) is 1.83. The molecule has 0 heterocycles. The van der Waals surface area contributed by atoms with Crippen LogP contribution in [0.4, 0.5) is 5.69 Å². The predicted molar refractivity (Wildman–Crippen MR) is 87.0 cm³/mol. The first-order valence-corrected chi connectivity index (χ1v) is 8.38. The molecule has 3 N–H and O–H groups in total. The summed E-state index contributed by atoms with van der Waals surface area (Å²) in [5.41, 5.74) is 1.08. The van der Waals surface area contributed by atoms with Crippen LogP contribution in [0, 0.1) is 6.92 Å². The molecule has 2 aromatic rings. The molecule has 0 aromatic heterocycles. The second-order valence-corrected chi connectivity index (χ2v) is 7.06. The Morgan fingerprint density at radius 2 is 1.82 bits per heavy atom. The monoisotopic (exact) mass is 358 g/mol. The van der Waals surface area contributed by atoms with Gasteiger partial charge < -0.3 is 5.32 Å². The summed E-state index contributed by atoms with van der Waals surface area (Å²) in [5, 5.41) is 8.40. The molecule has 0 unspecified atom stereocenters. The van der Waals surface area contributed by atoms with E-state index in [4.69, 9.17) is 28.3 Å². The predicted octanol–water partition coefficient (Wildman–Crippen LogP) is 3.20. The second kappa shape index (κ2) is 6.26. The maximum Gasteiger partial charge on any atom is 0.255 e. The molecular formula is C14H12Cl2N2O3S. The van der Waals surface area contributed by atoms with Crippen molar-refractivity contribution >= 4 is 44.8 Å². The zero-order valence-electron chi connectivity index (χ0n) is 11.4. The molecule has 0 aliphatic heterocycles. The number of hydrogen-bond acceptors (Lipinski definition) is 3. The van der Waals surface area contributed by atoms with E-state index in [-0.39, 0.29) is 10.5 Å². The SMILES string of the molecule is Cc1cc(C(=O)Nc2cc(Cl)ccc2Cl)cc(S(N)(=O)=O)c1. The highest BCUT2D eigenvalue weighted by Gasteiger charge is 2.15. The molecule has 0 spiro atoms. The Balaban J connectivity index is 2.38. The number of nitrogens with two attached hydrogens (primary N) is 1. The summed E-state index contributed by atoms with van der Waals surface area (Å²) in [6.07, 6.45) is 0. The lowest BCUT2D eigenvalue weighted by Crippen LogP contribution is -2.16. The number of aryl methyl sites for hydroxylation is 1. The Morgan fingerprint density at radius 3 is 2.45 bits per heavy atom. The van der Waals surface area contributed by atoms with E-state index in [0.717, 1.165) is 0 Å². The van der Waals surface area contributed by atoms with Crippen molar-refractivity contribution in [2.24, 2.45) is 5.14 Å². The van der Waals surface area contributed by atoms with Gasteiger partial charge in [0.15, 0.2) is 0 Å². The van der Waals surface area contributed by atoms with E-state index in [1.54, 1.807) is 25.1 Å². The number of carbonyl (C=O) groups excluding carboxylic acids is 1. The first-order valence-electron chi connectivity index (χ1n) is 6.08. The number of nitrogens with one attached hydrogen (secondary N) is 1. The summed E-state index contributed by atoms with van der Waals surface area (Å²) < 4.78 is 22.8. The number of sulfonamides is 1. The fraction of sp³-hybridized carbons (Fsp3) is 0.0714. The van der Waals surface area contributed by atoms with E-state index in [2.05, 4.69) is 5.32 Å². The van der Waals surface area contributed by atoms with Gasteiger partial charge in [0, 0.05) is 10.6 Å².